The number of halogens is 2. The maximum absolute atomic E-state index is 13.6. The van der Waals surface area contributed by atoms with E-state index in [1.54, 1.807) is 11.3 Å². The van der Waals surface area contributed by atoms with Gasteiger partial charge >= 0.3 is 0 Å². The van der Waals surface area contributed by atoms with Crippen LogP contribution in [0.5, 0.6) is 0 Å². The fourth-order valence-electron chi connectivity index (χ4n) is 2.16. The number of carbonyl (C=O) groups excluding carboxylic acids is 1. The second-order valence-corrected chi connectivity index (χ2v) is 6.90. The van der Waals surface area contributed by atoms with Crippen molar-refractivity contribution in [3.63, 3.8) is 0 Å². The number of rotatable bonds is 5. The van der Waals surface area contributed by atoms with Crippen LogP contribution in [0, 0.1) is 11.6 Å². The number of benzene rings is 2. The minimum Gasteiger partial charge on any atom is -0.325 e. The molecule has 0 saturated heterocycles. The Hall–Kier alpha value is -2.18. The molecular weight excluding hydrogens is 348 g/mol. The van der Waals surface area contributed by atoms with Gasteiger partial charge in [0, 0.05) is 27.1 Å². The van der Waals surface area contributed by atoms with Crippen LogP contribution >= 0.6 is 23.1 Å². The number of hydrogen-bond acceptors (Lipinski definition) is 3. The minimum absolute atomic E-state index is 0.0430. The largest absolute Gasteiger partial charge is 0.325 e. The molecule has 3 rings (SSSR count). The maximum atomic E-state index is 13.6. The van der Waals surface area contributed by atoms with Gasteiger partial charge in [0.1, 0.15) is 11.6 Å². The summed E-state index contributed by atoms with van der Waals surface area (Å²) < 4.78 is 26.5. The van der Waals surface area contributed by atoms with Gasteiger partial charge in [-0.25, -0.2) is 8.78 Å². The third-order valence-corrected chi connectivity index (χ3v) is 5.19. The first-order chi connectivity index (χ1) is 11.6. The molecular formula is C18H13F2NOS2. The van der Waals surface area contributed by atoms with Gasteiger partial charge in [0.2, 0.25) is 5.91 Å². The van der Waals surface area contributed by atoms with Gasteiger partial charge in [-0.2, -0.15) is 0 Å². The Morgan fingerprint density at radius 2 is 1.92 bits per heavy atom. The number of nitrogens with one attached hydrogen (secondary N) is 1. The molecule has 3 aromatic rings. The SMILES string of the molecule is O=C(CSc1ccc(F)cc1F)Nc1ccccc1-c1cccs1. The van der Waals surface area contributed by atoms with Crippen LogP contribution in [0.25, 0.3) is 10.4 Å². The highest BCUT2D eigenvalue weighted by molar-refractivity contribution is 8.00. The average Bonchev–Trinajstić information content (AvgIpc) is 3.09. The average molecular weight is 361 g/mol. The Labute approximate surface area is 146 Å². The molecule has 1 aromatic heterocycles. The molecule has 1 N–H and O–H groups in total. The summed E-state index contributed by atoms with van der Waals surface area (Å²) >= 11 is 2.62. The summed E-state index contributed by atoms with van der Waals surface area (Å²) in [5.74, 6) is -1.49. The summed E-state index contributed by atoms with van der Waals surface area (Å²) in [7, 11) is 0. The van der Waals surface area contributed by atoms with E-state index in [9.17, 15) is 13.6 Å². The predicted octanol–water partition coefficient (Wildman–Crippen LogP) is 5.42. The highest BCUT2D eigenvalue weighted by Crippen LogP contribution is 2.31. The van der Waals surface area contributed by atoms with Crippen LogP contribution in [0.15, 0.2) is 64.9 Å². The molecule has 1 amide bonds. The Kier molecular flexibility index (Phi) is 5.27. The normalized spacial score (nSPS) is 10.6. The van der Waals surface area contributed by atoms with Gasteiger partial charge in [-0.05, 0) is 29.6 Å². The van der Waals surface area contributed by atoms with Crippen molar-refractivity contribution in [2.75, 3.05) is 11.1 Å². The van der Waals surface area contributed by atoms with Gasteiger partial charge in [-0.3, -0.25) is 4.79 Å². The van der Waals surface area contributed by atoms with E-state index in [1.807, 2.05) is 41.8 Å². The van der Waals surface area contributed by atoms with E-state index < -0.39 is 11.6 Å². The van der Waals surface area contributed by atoms with Crippen LogP contribution in [-0.2, 0) is 4.79 Å². The second kappa shape index (κ2) is 7.59. The van der Waals surface area contributed by atoms with Crippen LogP contribution in [0.1, 0.15) is 0 Å². The molecule has 2 nitrogen and oxygen atoms in total. The summed E-state index contributed by atoms with van der Waals surface area (Å²) in [5, 5.41) is 4.82. The number of thiophene rings is 1. The number of para-hydroxylation sites is 1. The Bertz CT molecular complexity index is 850. The third-order valence-electron chi connectivity index (χ3n) is 3.24. The number of hydrogen-bond donors (Lipinski definition) is 1. The summed E-state index contributed by atoms with van der Waals surface area (Å²) in [4.78, 5) is 13.5. The van der Waals surface area contributed by atoms with E-state index >= 15 is 0 Å². The van der Waals surface area contributed by atoms with Crippen molar-refractivity contribution in [2.24, 2.45) is 0 Å². The van der Waals surface area contributed by atoms with Crippen LogP contribution in [-0.4, -0.2) is 11.7 Å². The fourth-order valence-corrected chi connectivity index (χ4v) is 3.65. The summed E-state index contributed by atoms with van der Waals surface area (Å²) in [6.45, 7) is 0. The topological polar surface area (TPSA) is 29.1 Å². The van der Waals surface area contributed by atoms with Crippen molar-refractivity contribution in [3.05, 3.63) is 71.6 Å². The van der Waals surface area contributed by atoms with Crippen LogP contribution in [0.3, 0.4) is 0 Å². The maximum Gasteiger partial charge on any atom is 0.234 e. The van der Waals surface area contributed by atoms with Gasteiger partial charge in [0.05, 0.1) is 5.75 Å². The first-order valence-corrected chi connectivity index (χ1v) is 9.00. The smallest absolute Gasteiger partial charge is 0.234 e. The standard InChI is InChI=1S/C18H13F2NOS2/c19-12-7-8-17(14(20)10-12)24-11-18(22)21-15-5-2-1-4-13(15)16-6-3-9-23-16/h1-10H,11H2,(H,21,22). The lowest BCUT2D eigenvalue weighted by Crippen LogP contribution is -2.14. The molecule has 0 aliphatic heterocycles. The molecule has 0 aliphatic rings. The second-order valence-electron chi connectivity index (χ2n) is 4.93. The molecule has 1 heterocycles. The Morgan fingerprint density at radius 1 is 1.08 bits per heavy atom. The predicted molar refractivity (Wildman–Crippen MR) is 95.5 cm³/mol. The molecule has 0 radical (unpaired) electrons. The zero-order valence-electron chi connectivity index (χ0n) is 12.5. The van der Waals surface area contributed by atoms with Crippen molar-refractivity contribution >= 4 is 34.7 Å². The van der Waals surface area contributed by atoms with Gasteiger partial charge in [0.15, 0.2) is 0 Å². The molecule has 0 unspecified atom stereocenters. The van der Waals surface area contributed by atoms with Gasteiger partial charge < -0.3 is 5.32 Å². The molecule has 0 saturated carbocycles. The van der Waals surface area contributed by atoms with Crippen molar-refractivity contribution in [2.45, 2.75) is 4.90 Å². The Balaban J connectivity index is 1.67. The first-order valence-electron chi connectivity index (χ1n) is 7.14. The zero-order chi connectivity index (χ0) is 16.9. The molecule has 0 atom stereocenters. The molecule has 0 bridgehead atoms. The van der Waals surface area contributed by atoms with Gasteiger partial charge in [-0.1, -0.05) is 24.3 Å². The number of amides is 1. The van der Waals surface area contributed by atoms with Gasteiger partial charge in [0.25, 0.3) is 0 Å². The molecule has 0 aliphatic carbocycles. The third kappa shape index (κ3) is 4.01. The lowest BCUT2D eigenvalue weighted by Gasteiger charge is -2.10. The van der Waals surface area contributed by atoms with E-state index in [2.05, 4.69) is 5.32 Å². The molecule has 6 heteroatoms. The monoisotopic (exact) mass is 361 g/mol. The fraction of sp³-hybridized carbons (Fsp3) is 0.0556. The van der Waals surface area contributed by atoms with Crippen molar-refractivity contribution in [3.8, 4) is 10.4 Å². The van der Waals surface area contributed by atoms with Gasteiger partial charge in [-0.15, -0.1) is 23.1 Å². The minimum atomic E-state index is -0.660. The highest BCUT2D eigenvalue weighted by Gasteiger charge is 2.11. The molecule has 0 fully saturated rings. The van der Waals surface area contributed by atoms with E-state index in [4.69, 9.17) is 0 Å². The number of carbonyl (C=O) groups is 1. The number of anilines is 1. The number of thioether (sulfide) groups is 1. The molecule has 2 aromatic carbocycles. The van der Waals surface area contributed by atoms with E-state index in [-0.39, 0.29) is 16.6 Å². The van der Waals surface area contributed by atoms with Crippen molar-refractivity contribution in [1.82, 2.24) is 0 Å². The molecule has 24 heavy (non-hydrogen) atoms. The van der Waals surface area contributed by atoms with Crippen LogP contribution in [0.2, 0.25) is 0 Å². The lowest BCUT2D eigenvalue weighted by atomic mass is 10.1. The van der Waals surface area contributed by atoms with Crippen molar-refractivity contribution in [1.29, 1.82) is 0 Å². The molecule has 122 valence electrons. The van der Waals surface area contributed by atoms with E-state index in [0.717, 1.165) is 28.3 Å². The lowest BCUT2D eigenvalue weighted by molar-refractivity contribution is -0.113. The van der Waals surface area contributed by atoms with E-state index in [1.165, 1.54) is 12.1 Å². The summed E-state index contributed by atoms with van der Waals surface area (Å²) in [5.41, 5.74) is 1.66. The van der Waals surface area contributed by atoms with Crippen LogP contribution < -0.4 is 5.32 Å². The van der Waals surface area contributed by atoms with Crippen molar-refractivity contribution < 1.29 is 13.6 Å². The highest BCUT2D eigenvalue weighted by atomic mass is 32.2. The summed E-state index contributed by atoms with van der Waals surface area (Å²) in [6.07, 6.45) is 0. The Morgan fingerprint density at radius 3 is 2.67 bits per heavy atom. The quantitative estimate of drug-likeness (QED) is 0.615. The molecule has 0 spiro atoms. The summed E-state index contributed by atoms with van der Waals surface area (Å²) in [6, 6.07) is 14.8. The zero-order valence-corrected chi connectivity index (χ0v) is 14.1. The van der Waals surface area contributed by atoms with Crippen LogP contribution in [0.4, 0.5) is 14.5 Å². The van der Waals surface area contributed by atoms with E-state index in [0.29, 0.717) is 5.69 Å². The first kappa shape index (κ1) is 16.7.